The van der Waals surface area contributed by atoms with Gasteiger partial charge in [0, 0.05) is 49.0 Å². The Morgan fingerprint density at radius 2 is 1.60 bits per heavy atom. The largest absolute Gasteiger partial charge is 0.480 e. The molecular formula is C29H29FN6O4. The van der Waals surface area contributed by atoms with Crippen LogP contribution in [0.15, 0.2) is 85.1 Å². The Bertz CT molecular complexity index is 1510. The Morgan fingerprint density at radius 3 is 2.25 bits per heavy atom. The first-order chi connectivity index (χ1) is 19.2. The lowest BCUT2D eigenvalue weighted by molar-refractivity contribution is -0.135. The number of anilines is 3. The fourth-order valence-corrected chi connectivity index (χ4v) is 4.38. The van der Waals surface area contributed by atoms with E-state index in [1.54, 1.807) is 83.9 Å². The number of benzene rings is 3. The van der Waals surface area contributed by atoms with E-state index in [1.165, 1.54) is 11.0 Å². The lowest BCUT2D eigenvalue weighted by Crippen LogP contribution is -2.50. The van der Waals surface area contributed by atoms with Crippen LogP contribution in [-0.4, -0.2) is 65.6 Å². The first-order valence-electron chi connectivity index (χ1n) is 12.5. The fraction of sp³-hybridized carbons (Fsp3) is 0.172. The number of aromatic nitrogens is 1. The van der Waals surface area contributed by atoms with Crippen LogP contribution in [0.5, 0.6) is 0 Å². The summed E-state index contributed by atoms with van der Waals surface area (Å²) >= 11 is 0. The summed E-state index contributed by atoms with van der Waals surface area (Å²) in [4.78, 5) is 43.6. The van der Waals surface area contributed by atoms with E-state index in [1.807, 2.05) is 4.90 Å². The second-order valence-electron chi connectivity index (χ2n) is 9.02. The minimum Gasteiger partial charge on any atom is -0.480 e. The van der Waals surface area contributed by atoms with Crippen molar-refractivity contribution < 1.29 is 23.9 Å². The highest BCUT2D eigenvalue weighted by Gasteiger charge is 2.22. The van der Waals surface area contributed by atoms with Crippen LogP contribution in [0.1, 0.15) is 10.4 Å². The number of amides is 3. The number of piperazine rings is 1. The number of halogens is 1. The van der Waals surface area contributed by atoms with Crippen LogP contribution in [0.3, 0.4) is 0 Å². The summed E-state index contributed by atoms with van der Waals surface area (Å²) in [6.07, 6.45) is 1.60. The molecule has 0 spiro atoms. The number of urea groups is 1. The number of nitrogens with two attached hydrogens (primary N) is 2. The van der Waals surface area contributed by atoms with Gasteiger partial charge in [0.15, 0.2) is 0 Å². The normalized spacial score (nSPS) is 12.8. The molecule has 206 valence electrons. The number of fused-ring (bicyclic) bond motifs is 1. The highest BCUT2D eigenvalue weighted by molar-refractivity contribution is 6.10. The van der Waals surface area contributed by atoms with Crippen LogP contribution in [0.4, 0.5) is 26.4 Å². The molecule has 1 saturated heterocycles. The van der Waals surface area contributed by atoms with Crippen molar-refractivity contribution in [3.8, 4) is 0 Å². The zero-order chi connectivity index (χ0) is 28.6. The van der Waals surface area contributed by atoms with Crippen molar-refractivity contribution in [1.82, 2.24) is 9.88 Å². The average Bonchev–Trinajstić information content (AvgIpc) is 2.97. The summed E-state index contributed by atoms with van der Waals surface area (Å²) in [6, 6.07) is 21.8. The number of aliphatic carboxylic acids is 1. The molecule has 0 aliphatic carbocycles. The van der Waals surface area contributed by atoms with Crippen molar-refractivity contribution >= 4 is 45.9 Å². The molecule has 0 bridgehead atoms. The smallest absolute Gasteiger partial charge is 0.323 e. The number of carbonyl (C=O) groups excluding carboxylic acids is 2. The van der Waals surface area contributed by atoms with Crippen molar-refractivity contribution in [1.29, 1.82) is 0 Å². The van der Waals surface area contributed by atoms with Crippen molar-refractivity contribution in [2.24, 2.45) is 5.73 Å². The number of hydrogen-bond acceptors (Lipinski definition) is 6. The predicted molar refractivity (Wildman–Crippen MR) is 152 cm³/mol. The first-order valence-corrected chi connectivity index (χ1v) is 12.5. The molecular weight excluding hydrogens is 515 g/mol. The number of primary amides is 1. The number of carbonyl (C=O) groups is 3. The molecule has 1 aliphatic rings. The molecule has 1 aromatic heterocycles. The second kappa shape index (κ2) is 12.6. The zero-order valence-electron chi connectivity index (χ0n) is 21.6. The molecule has 2 heterocycles. The van der Waals surface area contributed by atoms with Crippen LogP contribution >= 0.6 is 0 Å². The summed E-state index contributed by atoms with van der Waals surface area (Å²) in [5, 5.41) is 10.7. The lowest BCUT2D eigenvalue weighted by Gasteiger charge is -2.35. The number of para-hydroxylation sites is 2. The van der Waals surface area contributed by atoms with Gasteiger partial charge in [-0.3, -0.25) is 14.5 Å². The number of nitrogen functional groups attached to an aromatic ring is 1. The molecule has 1 aliphatic heterocycles. The van der Waals surface area contributed by atoms with Crippen LogP contribution in [0.25, 0.3) is 10.8 Å². The maximum absolute atomic E-state index is 13.5. The van der Waals surface area contributed by atoms with Gasteiger partial charge in [0.2, 0.25) is 0 Å². The Balaban J connectivity index is 0.000000201. The summed E-state index contributed by atoms with van der Waals surface area (Å²) in [7, 11) is 0. The molecule has 5 rings (SSSR count). The topological polar surface area (TPSA) is 146 Å². The van der Waals surface area contributed by atoms with Gasteiger partial charge in [0.25, 0.3) is 5.91 Å². The molecule has 5 N–H and O–H groups in total. The molecule has 40 heavy (non-hydrogen) atoms. The lowest BCUT2D eigenvalue weighted by atomic mass is 10.1. The molecule has 11 heteroatoms. The van der Waals surface area contributed by atoms with Gasteiger partial charge in [-0.15, -0.1) is 0 Å². The van der Waals surface area contributed by atoms with Gasteiger partial charge in [-0.25, -0.2) is 14.2 Å². The number of rotatable bonds is 5. The maximum atomic E-state index is 13.5. The van der Waals surface area contributed by atoms with Crippen molar-refractivity contribution in [3.63, 3.8) is 0 Å². The first kappa shape index (κ1) is 27.8. The van der Waals surface area contributed by atoms with Gasteiger partial charge in [-0.1, -0.05) is 36.4 Å². The molecule has 0 radical (unpaired) electrons. The van der Waals surface area contributed by atoms with Crippen LogP contribution in [-0.2, 0) is 4.79 Å². The quantitative estimate of drug-likeness (QED) is 0.348. The van der Waals surface area contributed by atoms with Crippen molar-refractivity contribution in [3.05, 3.63) is 96.4 Å². The third-order valence-corrected chi connectivity index (χ3v) is 6.43. The van der Waals surface area contributed by atoms with E-state index >= 15 is 0 Å². The van der Waals surface area contributed by atoms with Crippen molar-refractivity contribution in [2.45, 2.75) is 0 Å². The van der Waals surface area contributed by atoms with Gasteiger partial charge < -0.3 is 26.4 Å². The molecule has 10 nitrogen and oxygen atoms in total. The summed E-state index contributed by atoms with van der Waals surface area (Å²) in [5.41, 5.74) is 12.5. The van der Waals surface area contributed by atoms with Crippen LogP contribution in [0, 0.1) is 5.82 Å². The molecule has 0 atom stereocenters. The molecule has 3 amide bonds. The second-order valence-corrected chi connectivity index (χ2v) is 9.02. The van der Waals surface area contributed by atoms with E-state index in [9.17, 15) is 18.8 Å². The van der Waals surface area contributed by atoms with Crippen molar-refractivity contribution in [2.75, 3.05) is 48.3 Å². The average molecular weight is 545 g/mol. The highest BCUT2D eigenvalue weighted by Crippen LogP contribution is 2.23. The van der Waals surface area contributed by atoms with Crippen LogP contribution < -0.4 is 21.3 Å². The monoisotopic (exact) mass is 544 g/mol. The molecule has 3 aromatic carbocycles. The molecule has 4 aromatic rings. The number of pyridine rings is 1. The maximum Gasteiger partial charge on any atom is 0.323 e. The number of hydrogen-bond donors (Lipinski definition) is 3. The number of carboxylic acids is 1. The summed E-state index contributed by atoms with van der Waals surface area (Å²) in [6.45, 7) is 1.89. The van der Waals surface area contributed by atoms with Gasteiger partial charge in [0.1, 0.15) is 18.2 Å². The third-order valence-electron chi connectivity index (χ3n) is 6.43. The minimum atomic E-state index is -1.09. The van der Waals surface area contributed by atoms with E-state index in [4.69, 9.17) is 16.6 Å². The zero-order valence-corrected chi connectivity index (χ0v) is 21.6. The fourth-order valence-electron chi connectivity index (χ4n) is 4.38. The SMILES string of the molecule is NC(=O)N1CCN(c2ccccc2F)CC1.Nc1nccc2ccc(C(=O)N(CC(=O)O)c3ccccc3)cc12. The number of nitrogens with zero attached hydrogens (tertiary/aromatic N) is 4. The number of carboxylic acid groups (broad SMARTS) is 1. The molecule has 1 fully saturated rings. The molecule has 0 unspecified atom stereocenters. The Kier molecular flexibility index (Phi) is 8.75. The Labute approximate surface area is 230 Å². The van der Waals surface area contributed by atoms with Gasteiger partial charge >= 0.3 is 12.0 Å². The minimum absolute atomic E-state index is 0.227. The van der Waals surface area contributed by atoms with Crippen LogP contribution in [0.2, 0.25) is 0 Å². The van der Waals surface area contributed by atoms with Gasteiger partial charge in [-0.05, 0) is 47.9 Å². The van der Waals surface area contributed by atoms with E-state index in [-0.39, 0.29) is 5.82 Å². The molecule has 0 saturated carbocycles. The standard InChI is InChI=1S/C18H15N3O3.C11H14FN3O/c19-17-15-10-13(7-6-12(15)8-9-20-17)18(24)21(11-16(22)23)14-4-2-1-3-5-14;12-9-3-1-2-4-10(9)14-5-7-15(8-6-14)11(13)16/h1-10H,11H2,(H2,19,20)(H,22,23);1-4H,5-8H2,(H2,13,16). The highest BCUT2D eigenvalue weighted by atomic mass is 19.1. The van der Waals surface area contributed by atoms with E-state index < -0.39 is 24.5 Å². The summed E-state index contributed by atoms with van der Waals surface area (Å²) < 4.78 is 13.5. The van der Waals surface area contributed by atoms with E-state index in [2.05, 4.69) is 4.98 Å². The van der Waals surface area contributed by atoms with E-state index in [0.717, 1.165) is 5.39 Å². The predicted octanol–water partition coefficient (Wildman–Crippen LogP) is 3.57. The third kappa shape index (κ3) is 6.62. The van der Waals surface area contributed by atoms with Gasteiger partial charge in [0.05, 0.1) is 5.69 Å². The van der Waals surface area contributed by atoms with E-state index in [0.29, 0.717) is 54.3 Å². The van der Waals surface area contributed by atoms with Gasteiger partial charge in [-0.2, -0.15) is 0 Å². The Morgan fingerprint density at radius 1 is 0.925 bits per heavy atom. The summed E-state index contributed by atoms with van der Waals surface area (Å²) in [5.74, 6) is -1.40. The Hall–Kier alpha value is -5.19.